The molecular weight excluding hydrogens is 238 g/mol. The first kappa shape index (κ1) is 12.2. The zero-order valence-electron chi connectivity index (χ0n) is 11.2. The number of nitrogens with zero attached hydrogens (tertiary/aromatic N) is 3. The Hall–Kier alpha value is -1.81. The fourth-order valence-electron chi connectivity index (χ4n) is 2.46. The molecule has 1 aromatic heterocycles. The molecule has 4 nitrogen and oxygen atoms in total. The highest BCUT2D eigenvalue weighted by molar-refractivity contribution is 5.48. The monoisotopic (exact) mass is 257 g/mol. The molecule has 1 unspecified atom stereocenters. The van der Waals surface area contributed by atoms with Crippen LogP contribution in [0.4, 0.5) is 5.69 Å². The van der Waals surface area contributed by atoms with Gasteiger partial charge in [0.05, 0.1) is 25.6 Å². The van der Waals surface area contributed by atoms with Crippen molar-refractivity contribution < 1.29 is 4.74 Å². The fraction of sp³-hybridized carbons (Fsp3) is 0.400. The van der Waals surface area contributed by atoms with Crippen LogP contribution < -0.4 is 4.90 Å². The zero-order chi connectivity index (χ0) is 13.1. The maximum absolute atomic E-state index is 5.38. The lowest BCUT2D eigenvalue weighted by Gasteiger charge is -2.29. The van der Waals surface area contributed by atoms with Gasteiger partial charge in [-0.2, -0.15) is 0 Å². The highest BCUT2D eigenvalue weighted by atomic mass is 16.5. The Morgan fingerprint density at radius 2 is 1.89 bits per heavy atom. The molecule has 0 saturated carbocycles. The summed E-state index contributed by atoms with van der Waals surface area (Å²) in [4.78, 5) is 6.47. The van der Waals surface area contributed by atoms with E-state index in [1.165, 1.54) is 11.3 Å². The van der Waals surface area contributed by atoms with Crippen LogP contribution in [0.5, 0.6) is 0 Å². The third-order valence-corrected chi connectivity index (χ3v) is 3.72. The van der Waals surface area contributed by atoms with Crippen LogP contribution in [0, 0.1) is 0 Å². The first-order valence-electron chi connectivity index (χ1n) is 6.75. The average Bonchev–Trinajstić information content (AvgIpc) is 3.02. The molecule has 100 valence electrons. The van der Waals surface area contributed by atoms with Crippen LogP contribution in [0.25, 0.3) is 0 Å². The smallest absolute Gasteiger partial charge is 0.0951 e. The van der Waals surface area contributed by atoms with Gasteiger partial charge in [0.2, 0.25) is 0 Å². The Bertz CT molecular complexity index is 501. The minimum atomic E-state index is 0.321. The lowest BCUT2D eigenvalue weighted by Crippen LogP contribution is -2.36. The molecule has 4 heteroatoms. The normalized spacial score (nSPS) is 17.4. The quantitative estimate of drug-likeness (QED) is 0.845. The first-order chi connectivity index (χ1) is 9.34. The third kappa shape index (κ3) is 2.63. The van der Waals surface area contributed by atoms with E-state index in [9.17, 15) is 0 Å². The van der Waals surface area contributed by atoms with Crippen LogP contribution in [0.1, 0.15) is 18.5 Å². The minimum absolute atomic E-state index is 0.321. The van der Waals surface area contributed by atoms with E-state index in [1.807, 2.05) is 18.7 Å². The third-order valence-electron chi connectivity index (χ3n) is 3.72. The summed E-state index contributed by atoms with van der Waals surface area (Å²) in [7, 11) is 0. The Morgan fingerprint density at radius 3 is 2.53 bits per heavy atom. The van der Waals surface area contributed by atoms with E-state index in [4.69, 9.17) is 4.74 Å². The Morgan fingerprint density at radius 1 is 1.16 bits per heavy atom. The molecule has 2 aromatic rings. The second-order valence-electron chi connectivity index (χ2n) is 4.88. The SMILES string of the molecule is CC(c1ccc(N2CCOCC2)cc1)n1ccnc1. The van der Waals surface area contributed by atoms with Crippen LogP contribution in [0.2, 0.25) is 0 Å². The molecule has 2 heterocycles. The number of hydrogen-bond acceptors (Lipinski definition) is 3. The number of anilines is 1. The molecule has 0 radical (unpaired) electrons. The number of morpholine rings is 1. The summed E-state index contributed by atoms with van der Waals surface area (Å²) in [6.07, 6.45) is 5.68. The lowest BCUT2D eigenvalue weighted by atomic mass is 10.1. The summed E-state index contributed by atoms with van der Waals surface area (Å²) in [6, 6.07) is 9.13. The molecule has 0 amide bonds. The number of benzene rings is 1. The Kier molecular flexibility index (Phi) is 3.51. The van der Waals surface area contributed by atoms with E-state index < -0.39 is 0 Å². The molecule has 1 aromatic carbocycles. The van der Waals surface area contributed by atoms with Crippen molar-refractivity contribution in [1.29, 1.82) is 0 Å². The van der Waals surface area contributed by atoms with Crippen molar-refractivity contribution in [3.05, 3.63) is 48.5 Å². The van der Waals surface area contributed by atoms with Crippen molar-refractivity contribution >= 4 is 5.69 Å². The summed E-state index contributed by atoms with van der Waals surface area (Å²) in [5, 5.41) is 0. The van der Waals surface area contributed by atoms with E-state index >= 15 is 0 Å². The van der Waals surface area contributed by atoms with Gasteiger partial charge in [0.25, 0.3) is 0 Å². The first-order valence-corrected chi connectivity index (χ1v) is 6.75. The highest BCUT2D eigenvalue weighted by Gasteiger charge is 2.12. The molecule has 1 saturated heterocycles. The Balaban J connectivity index is 1.75. The number of rotatable bonds is 3. The van der Waals surface area contributed by atoms with E-state index in [1.54, 1.807) is 0 Å². The van der Waals surface area contributed by atoms with Gasteiger partial charge in [-0.1, -0.05) is 12.1 Å². The van der Waals surface area contributed by atoms with Crippen molar-refractivity contribution in [2.75, 3.05) is 31.2 Å². The predicted molar refractivity (Wildman–Crippen MR) is 75.5 cm³/mol. The van der Waals surface area contributed by atoms with E-state index in [-0.39, 0.29) is 0 Å². The molecular formula is C15H19N3O. The van der Waals surface area contributed by atoms with Gasteiger partial charge < -0.3 is 14.2 Å². The van der Waals surface area contributed by atoms with Crippen LogP contribution in [-0.2, 0) is 4.74 Å². The minimum Gasteiger partial charge on any atom is -0.378 e. The maximum Gasteiger partial charge on any atom is 0.0951 e. The highest BCUT2D eigenvalue weighted by Crippen LogP contribution is 2.22. The van der Waals surface area contributed by atoms with Gasteiger partial charge in [0.1, 0.15) is 0 Å². The van der Waals surface area contributed by atoms with Crippen molar-refractivity contribution in [3.63, 3.8) is 0 Å². The standard InChI is InChI=1S/C15H19N3O/c1-13(18-7-6-16-12-18)14-2-4-15(5-3-14)17-8-10-19-11-9-17/h2-7,12-13H,8-11H2,1H3. The van der Waals surface area contributed by atoms with Gasteiger partial charge in [-0.05, 0) is 24.6 Å². The number of hydrogen-bond donors (Lipinski definition) is 0. The van der Waals surface area contributed by atoms with Crippen molar-refractivity contribution in [1.82, 2.24) is 9.55 Å². The fourth-order valence-corrected chi connectivity index (χ4v) is 2.46. The second-order valence-corrected chi connectivity index (χ2v) is 4.88. The van der Waals surface area contributed by atoms with Gasteiger partial charge in [0.15, 0.2) is 0 Å². The summed E-state index contributed by atoms with van der Waals surface area (Å²) in [6.45, 7) is 5.80. The predicted octanol–water partition coefficient (Wildman–Crippen LogP) is 2.33. The number of aromatic nitrogens is 2. The average molecular weight is 257 g/mol. The molecule has 0 N–H and O–H groups in total. The van der Waals surface area contributed by atoms with Crippen molar-refractivity contribution in [2.45, 2.75) is 13.0 Å². The van der Waals surface area contributed by atoms with Crippen molar-refractivity contribution in [3.8, 4) is 0 Å². The molecule has 19 heavy (non-hydrogen) atoms. The van der Waals surface area contributed by atoms with E-state index in [0.717, 1.165) is 26.3 Å². The van der Waals surface area contributed by atoms with Gasteiger partial charge in [-0.3, -0.25) is 0 Å². The van der Waals surface area contributed by atoms with Gasteiger partial charge in [-0.25, -0.2) is 4.98 Å². The van der Waals surface area contributed by atoms with Crippen molar-refractivity contribution in [2.24, 2.45) is 0 Å². The van der Waals surface area contributed by atoms with E-state index in [0.29, 0.717) is 6.04 Å². The summed E-state index contributed by atoms with van der Waals surface area (Å²) < 4.78 is 7.49. The van der Waals surface area contributed by atoms with Crippen LogP contribution >= 0.6 is 0 Å². The molecule has 1 atom stereocenters. The van der Waals surface area contributed by atoms with Gasteiger partial charge >= 0.3 is 0 Å². The molecule has 0 aliphatic carbocycles. The number of imidazole rings is 1. The van der Waals surface area contributed by atoms with Crippen LogP contribution in [0.3, 0.4) is 0 Å². The maximum atomic E-state index is 5.38. The summed E-state index contributed by atoms with van der Waals surface area (Å²) in [5.74, 6) is 0. The van der Waals surface area contributed by atoms with Crippen LogP contribution in [0.15, 0.2) is 43.0 Å². The largest absolute Gasteiger partial charge is 0.378 e. The topological polar surface area (TPSA) is 30.3 Å². The lowest BCUT2D eigenvalue weighted by molar-refractivity contribution is 0.122. The summed E-state index contributed by atoms with van der Waals surface area (Å²) in [5.41, 5.74) is 2.58. The zero-order valence-corrected chi connectivity index (χ0v) is 11.2. The molecule has 3 rings (SSSR count). The molecule has 1 aliphatic rings. The van der Waals surface area contributed by atoms with Gasteiger partial charge in [0, 0.05) is 31.2 Å². The molecule has 1 fully saturated rings. The van der Waals surface area contributed by atoms with E-state index in [2.05, 4.69) is 45.6 Å². The van der Waals surface area contributed by atoms with Gasteiger partial charge in [-0.15, -0.1) is 0 Å². The molecule has 1 aliphatic heterocycles. The molecule has 0 bridgehead atoms. The number of ether oxygens (including phenoxy) is 1. The molecule has 0 spiro atoms. The van der Waals surface area contributed by atoms with Crippen LogP contribution in [-0.4, -0.2) is 35.9 Å². The summed E-state index contributed by atoms with van der Waals surface area (Å²) >= 11 is 0. The Labute approximate surface area is 113 Å². The second kappa shape index (κ2) is 5.45.